The molecule has 0 heterocycles. The van der Waals surface area contributed by atoms with Gasteiger partial charge in [-0.15, -0.1) is 0 Å². The standard InChI is InChI=1S/C17H13BrN2O4/c18-13-5-3-6-14(8-13)20-16(21)10-24-17(22)11-23-15-7-2-1-4-12(15)9-19/h1-8H,10-11H2,(H,20,21). The van der Waals surface area contributed by atoms with E-state index >= 15 is 0 Å². The molecular weight excluding hydrogens is 376 g/mol. The molecule has 2 rings (SSSR count). The third-order valence-electron chi connectivity index (χ3n) is 2.83. The molecule has 7 heteroatoms. The summed E-state index contributed by atoms with van der Waals surface area (Å²) in [5, 5.41) is 11.5. The Morgan fingerprint density at radius 3 is 2.67 bits per heavy atom. The summed E-state index contributed by atoms with van der Waals surface area (Å²) in [7, 11) is 0. The lowest BCUT2D eigenvalue weighted by Gasteiger charge is -2.08. The molecule has 0 saturated carbocycles. The van der Waals surface area contributed by atoms with Gasteiger partial charge in [-0.3, -0.25) is 4.79 Å². The average Bonchev–Trinajstić information content (AvgIpc) is 2.58. The highest BCUT2D eigenvalue weighted by Crippen LogP contribution is 2.17. The number of hydrogen-bond donors (Lipinski definition) is 1. The second-order valence-electron chi connectivity index (χ2n) is 4.62. The zero-order valence-electron chi connectivity index (χ0n) is 12.5. The molecule has 0 aliphatic heterocycles. The minimum absolute atomic E-state index is 0.288. The van der Waals surface area contributed by atoms with Gasteiger partial charge in [0.2, 0.25) is 0 Å². The summed E-state index contributed by atoms with van der Waals surface area (Å²) < 4.78 is 10.9. The van der Waals surface area contributed by atoms with Crippen LogP contribution in [0.3, 0.4) is 0 Å². The van der Waals surface area contributed by atoms with Crippen LogP contribution < -0.4 is 10.1 Å². The average molecular weight is 389 g/mol. The Morgan fingerprint density at radius 1 is 1.12 bits per heavy atom. The summed E-state index contributed by atoms with van der Waals surface area (Å²) in [6, 6.07) is 15.5. The van der Waals surface area contributed by atoms with Crippen molar-refractivity contribution in [2.75, 3.05) is 18.5 Å². The Morgan fingerprint density at radius 2 is 1.92 bits per heavy atom. The van der Waals surface area contributed by atoms with Crippen molar-refractivity contribution in [3.63, 3.8) is 0 Å². The van der Waals surface area contributed by atoms with E-state index in [4.69, 9.17) is 14.7 Å². The van der Waals surface area contributed by atoms with Crippen LogP contribution in [0.2, 0.25) is 0 Å². The molecule has 0 saturated heterocycles. The Hall–Kier alpha value is -2.85. The highest BCUT2D eigenvalue weighted by Gasteiger charge is 2.10. The number of esters is 1. The fourth-order valence-electron chi connectivity index (χ4n) is 1.77. The zero-order chi connectivity index (χ0) is 17.4. The summed E-state index contributed by atoms with van der Waals surface area (Å²) >= 11 is 3.29. The van der Waals surface area contributed by atoms with Crippen molar-refractivity contribution >= 4 is 33.5 Å². The maximum Gasteiger partial charge on any atom is 0.344 e. The largest absolute Gasteiger partial charge is 0.481 e. The maximum absolute atomic E-state index is 11.7. The molecule has 0 unspecified atom stereocenters. The Labute approximate surface area is 147 Å². The van der Waals surface area contributed by atoms with Crippen molar-refractivity contribution in [1.29, 1.82) is 5.26 Å². The van der Waals surface area contributed by atoms with Gasteiger partial charge in [0.25, 0.3) is 5.91 Å². The number of nitrogens with one attached hydrogen (secondary N) is 1. The molecular formula is C17H13BrN2O4. The van der Waals surface area contributed by atoms with Crippen LogP contribution in [0, 0.1) is 11.3 Å². The van der Waals surface area contributed by atoms with Gasteiger partial charge in [0, 0.05) is 10.2 Å². The number of anilines is 1. The van der Waals surface area contributed by atoms with Crippen LogP contribution in [0.4, 0.5) is 5.69 Å². The number of halogens is 1. The van der Waals surface area contributed by atoms with Crippen molar-refractivity contribution in [2.45, 2.75) is 0 Å². The fourth-order valence-corrected chi connectivity index (χ4v) is 2.17. The van der Waals surface area contributed by atoms with Crippen LogP contribution >= 0.6 is 15.9 Å². The molecule has 0 aliphatic rings. The number of amides is 1. The molecule has 122 valence electrons. The van der Waals surface area contributed by atoms with Gasteiger partial charge in [0.05, 0.1) is 5.56 Å². The number of benzene rings is 2. The highest BCUT2D eigenvalue weighted by molar-refractivity contribution is 9.10. The van der Waals surface area contributed by atoms with Gasteiger partial charge in [-0.1, -0.05) is 34.1 Å². The zero-order valence-corrected chi connectivity index (χ0v) is 14.1. The molecule has 24 heavy (non-hydrogen) atoms. The quantitative estimate of drug-likeness (QED) is 0.768. The molecule has 0 fully saturated rings. The molecule has 0 aliphatic carbocycles. The van der Waals surface area contributed by atoms with Gasteiger partial charge in [-0.2, -0.15) is 5.26 Å². The summed E-state index contributed by atoms with van der Waals surface area (Å²) in [5.74, 6) is -0.874. The predicted octanol–water partition coefficient (Wildman–Crippen LogP) is 2.88. The molecule has 6 nitrogen and oxygen atoms in total. The Bertz CT molecular complexity index is 786. The smallest absolute Gasteiger partial charge is 0.344 e. The number of nitrogens with zero attached hydrogens (tertiary/aromatic N) is 1. The highest BCUT2D eigenvalue weighted by atomic mass is 79.9. The molecule has 0 aromatic heterocycles. The van der Waals surface area contributed by atoms with Crippen LogP contribution in [-0.2, 0) is 14.3 Å². The van der Waals surface area contributed by atoms with E-state index in [1.807, 2.05) is 12.1 Å². The summed E-state index contributed by atoms with van der Waals surface area (Å²) in [6.07, 6.45) is 0. The van der Waals surface area contributed by atoms with E-state index in [1.165, 1.54) is 0 Å². The minimum atomic E-state index is -0.702. The molecule has 0 radical (unpaired) electrons. The number of ether oxygens (including phenoxy) is 2. The van der Waals surface area contributed by atoms with Crippen molar-refractivity contribution in [3.05, 3.63) is 58.6 Å². The Balaban J connectivity index is 1.77. The van der Waals surface area contributed by atoms with Gasteiger partial charge >= 0.3 is 5.97 Å². The lowest BCUT2D eigenvalue weighted by atomic mass is 10.2. The number of carbonyl (C=O) groups excluding carboxylic acids is 2. The van der Waals surface area contributed by atoms with Gasteiger partial charge < -0.3 is 14.8 Å². The predicted molar refractivity (Wildman–Crippen MR) is 90.4 cm³/mol. The van der Waals surface area contributed by atoms with Crippen LogP contribution in [0.1, 0.15) is 5.56 Å². The molecule has 0 spiro atoms. The molecule has 2 aromatic carbocycles. The van der Waals surface area contributed by atoms with Gasteiger partial charge in [0.1, 0.15) is 11.8 Å². The van der Waals surface area contributed by atoms with Crippen LogP contribution in [0.15, 0.2) is 53.0 Å². The van der Waals surface area contributed by atoms with E-state index in [9.17, 15) is 9.59 Å². The molecule has 0 atom stereocenters. The molecule has 2 aromatic rings. The van der Waals surface area contributed by atoms with Gasteiger partial charge in [-0.25, -0.2) is 4.79 Å². The van der Waals surface area contributed by atoms with E-state index in [1.54, 1.807) is 42.5 Å². The van der Waals surface area contributed by atoms with Crippen molar-refractivity contribution < 1.29 is 19.1 Å². The number of carbonyl (C=O) groups is 2. The van der Waals surface area contributed by atoms with E-state index in [0.29, 0.717) is 11.3 Å². The first-order chi connectivity index (χ1) is 11.6. The van der Waals surface area contributed by atoms with Gasteiger partial charge in [-0.05, 0) is 30.3 Å². The number of rotatable bonds is 6. The second kappa shape index (κ2) is 8.70. The van der Waals surface area contributed by atoms with E-state index in [2.05, 4.69) is 21.2 Å². The molecule has 1 amide bonds. The monoisotopic (exact) mass is 388 g/mol. The lowest BCUT2D eigenvalue weighted by molar-refractivity contribution is -0.149. The lowest BCUT2D eigenvalue weighted by Crippen LogP contribution is -2.23. The van der Waals surface area contributed by atoms with Crippen molar-refractivity contribution in [3.8, 4) is 11.8 Å². The minimum Gasteiger partial charge on any atom is -0.481 e. The van der Waals surface area contributed by atoms with E-state index < -0.39 is 18.5 Å². The van der Waals surface area contributed by atoms with Crippen LogP contribution in [0.5, 0.6) is 5.75 Å². The first kappa shape index (κ1) is 17.5. The number of para-hydroxylation sites is 1. The van der Waals surface area contributed by atoms with Crippen LogP contribution in [-0.4, -0.2) is 25.1 Å². The maximum atomic E-state index is 11.7. The second-order valence-corrected chi connectivity index (χ2v) is 5.53. The summed E-state index contributed by atoms with van der Waals surface area (Å²) in [5.41, 5.74) is 0.905. The third kappa shape index (κ3) is 5.41. The molecule has 1 N–H and O–H groups in total. The number of hydrogen-bond acceptors (Lipinski definition) is 5. The summed E-state index contributed by atoms with van der Waals surface area (Å²) in [4.78, 5) is 23.3. The molecule has 0 bridgehead atoms. The van der Waals surface area contributed by atoms with Gasteiger partial charge in [0.15, 0.2) is 13.2 Å². The Kier molecular flexibility index (Phi) is 6.34. The van der Waals surface area contributed by atoms with Crippen LogP contribution in [0.25, 0.3) is 0 Å². The van der Waals surface area contributed by atoms with E-state index in [-0.39, 0.29) is 12.4 Å². The van der Waals surface area contributed by atoms with Crippen molar-refractivity contribution in [2.24, 2.45) is 0 Å². The van der Waals surface area contributed by atoms with E-state index in [0.717, 1.165) is 4.47 Å². The first-order valence-electron chi connectivity index (χ1n) is 6.91. The van der Waals surface area contributed by atoms with Crippen molar-refractivity contribution in [1.82, 2.24) is 0 Å². The summed E-state index contributed by atoms with van der Waals surface area (Å²) in [6.45, 7) is -0.808. The fraction of sp³-hybridized carbons (Fsp3) is 0.118. The number of nitriles is 1. The third-order valence-corrected chi connectivity index (χ3v) is 3.32. The topological polar surface area (TPSA) is 88.4 Å². The first-order valence-corrected chi connectivity index (χ1v) is 7.71. The SMILES string of the molecule is N#Cc1ccccc1OCC(=O)OCC(=O)Nc1cccc(Br)c1. The normalized spacial score (nSPS) is 9.67.